The summed E-state index contributed by atoms with van der Waals surface area (Å²) in [7, 11) is 1.41. The Labute approximate surface area is 220 Å². The Morgan fingerprint density at radius 3 is 2.68 bits per heavy atom. The molecule has 1 aliphatic carbocycles. The first kappa shape index (κ1) is 25.5. The molecule has 1 aliphatic rings. The summed E-state index contributed by atoms with van der Waals surface area (Å²) in [6, 6.07) is 12.2. The number of aliphatic hydroxyl groups is 1. The molecule has 0 atom stereocenters. The number of hydrogen-bond acceptors (Lipinski definition) is 7. The SMILES string of the molecule is COc1cc(Nc2cc(NCC(C)(C)O)c3ncc(-c4ccc(C(=O)NC5CC5)c(C)c4)n3n2)ccc1F. The van der Waals surface area contributed by atoms with E-state index in [1.807, 2.05) is 25.1 Å². The van der Waals surface area contributed by atoms with Gasteiger partial charge in [-0.2, -0.15) is 0 Å². The van der Waals surface area contributed by atoms with Gasteiger partial charge in [0.15, 0.2) is 23.0 Å². The smallest absolute Gasteiger partial charge is 0.251 e. The first-order valence-electron chi connectivity index (χ1n) is 12.5. The van der Waals surface area contributed by atoms with E-state index in [4.69, 9.17) is 9.84 Å². The average Bonchev–Trinajstić information content (AvgIpc) is 3.58. The summed E-state index contributed by atoms with van der Waals surface area (Å²) < 4.78 is 20.7. The zero-order valence-corrected chi connectivity index (χ0v) is 21.8. The number of fused-ring (bicyclic) bond motifs is 1. The van der Waals surface area contributed by atoms with Gasteiger partial charge < -0.3 is 25.8 Å². The lowest BCUT2D eigenvalue weighted by atomic mass is 10.0. The third-order valence-electron chi connectivity index (χ3n) is 6.28. The summed E-state index contributed by atoms with van der Waals surface area (Å²) in [4.78, 5) is 17.2. The van der Waals surface area contributed by atoms with E-state index in [1.165, 1.54) is 13.2 Å². The molecule has 0 saturated heterocycles. The van der Waals surface area contributed by atoms with Crippen LogP contribution < -0.4 is 20.7 Å². The number of nitrogens with one attached hydrogen (secondary N) is 3. The summed E-state index contributed by atoms with van der Waals surface area (Å²) in [5.74, 6) is 0.0597. The number of aryl methyl sites for hydroxylation is 1. The maximum atomic E-state index is 13.9. The number of aromatic nitrogens is 3. The van der Waals surface area contributed by atoms with Crippen LogP contribution in [0.3, 0.4) is 0 Å². The van der Waals surface area contributed by atoms with Gasteiger partial charge in [0.05, 0.1) is 30.3 Å². The van der Waals surface area contributed by atoms with Crippen LogP contribution in [-0.2, 0) is 0 Å². The number of carbonyl (C=O) groups excluding carboxylic acids is 1. The van der Waals surface area contributed by atoms with Gasteiger partial charge in [0.1, 0.15) is 0 Å². The van der Waals surface area contributed by atoms with Crippen molar-refractivity contribution in [2.75, 3.05) is 24.3 Å². The van der Waals surface area contributed by atoms with Crippen molar-refractivity contribution < 1.29 is 19.0 Å². The number of halogens is 1. The van der Waals surface area contributed by atoms with E-state index in [0.29, 0.717) is 28.4 Å². The molecule has 0 radical (unpaired) electrons. The number of methoxy groups -OCH3 is 1. The molecule has 0 bridgehead atoms. The Kier molecular flexibility index (Phi) is 6.66. The molecule has 1 fully saturated rings. The van der Waals surface area contributed by atoms with E-state index in [1.54, 1.807) is 42.8 Å². The van der Waals surface area contributed by atoms with Crippen molar-refractivity contribution in [2.24, 2.45) is 0 Å². The number of ether oxygens (including phenoxy) is 1. The first-order valence-corrected chi connectivity index (χ1v) is 12.5. The molecule has 2 heterocycles. The molecule has 1 amide bonds. The summed E-state index contributed by atoms with van der Waals surface area (Å²) in [5, 5.41) is 24.5. The van der Waals surface area contributed by atoms with Crippen LogP contribution in [0, 0.1) is 12.7 Å². The maximum Gasteiger partial charge on any atom is 0.251 e. The Balaban J connectivity index is 1.54. The Bertz CT molecular complexity index is 1510. The molecule has 38 heavy (non-hydrogen) atoms. The summed E-state index contributed by atoms with van der Waals surface area (Å²) in [6.45, 7) is 5.61. The number of amides is 1. The van der Waals surface area contributed by atoms with E-state index in [2.05, 4.69) is 20.9 Å². The van der Waals surface area contributed by atoms with Crippen LogP contribution in [0.4, 0.5) is 21.6 Å². The molecule has 0 aliphatic heterocycles. The molecule has 10 heteroatoms. The molecule has 9 nitrogen and oxygen atoms in total. The fraction of sp³-hybridized carbons (Fsp3) is 0.321. The van der Waals surface area contributed by atoms with Crippen LogP contribution in [0.15, 0.2) is 48.7 Å². The molecular weight excluding hydrogens is 487 g/mol. The minimum atomic E-state index is -0.957. The van der Waals surface area contributed by atoms with Gasteiger partial charge in [0.2, 0.25) is 0 Å². The van der Waals surface area contributed by atoms with Crippen LogP contribution in [-0.4, -0.2) is 50.9 Å². The number of carbonyl (C=O) groups is 1. The van der Waals surface area contributed by atoms with Gasteiger partial charge in [-0.25, -0.2) is 13.9 Å². The number of rotatable bonds is 9. The van der Waals surface area contributed by atoms with Crippen molar-refractivity contribution in [3.05, 3.63) is 65.6 Å². The second kappa shape index (κ2) is 9.94. The highest BCUT2D eigenvalue weighted by atomic mass is 19.1. The second-order valence-corrected chi connectivity index (χ2v) is 10.2. The molecule has 4 N–H and O–H groups in total. The fourth-order valence-corrected chi connectivity index (χ4v) is 4.12. The highest BCUT2D eigenvalue weighted by Gasteiger charge is 2.25. The van der Waals surface area contributed by atoms with E-state index in [9.17, 15) is 14.3 Å². The molecule has 4 aromatic rings. The van der Waals surface area contributed by atoms with Gasteiger partial charge in [-0.1, -0.05) is 6.07 Å². The Morgan fingerprint density at radius 2 is 2.00 bits per heavy atom. The highest BCUT2D eigenvalue weighted by Crippen LogP contribution is 2.30. The number of anilines is 3. The van der Waals surface area contributed by atoms with Crippen LogP contribution in [0.25, 0.3) is 16.9 Å². The largest absolute Gasteiger partial charge is 0.494 e. The number of nitrogens with zero attached hydrogens (tertiary/aromatic N) is 3. The van der Waals surface area contributed by atoms with Gasteiger partial charge >= 0.3 is 0 Å². The van der Waals surface area contributed by atoms with Gasteiger partial charge in [0.25, 0.3) is 5.91 Å². The van der Waals surface area contributed by atoms with Crippen LogP contribution >= 0.6 is 0 Å². The lowest BCUT2D eigenvalue weighted by Crippen LogP contribution is -2.29. The zero-order chi connectivity index (χ0) is 27.0. The van der Waals surface area contributed by atoms with Crippen molar-refractivity contribution in [1.29, 1.82) is 0 Å². The van der Waals surface area contributed by atoms with E-state index >= 15 is 0 Å². The van der Waals surface area contributed by atoms with Gasteiger partial charge in [-0.3, -0.25) is 4.79 Å². The normalized spacial score (nSPS) is 13.4. The van der Waals surface area contributed by atoms with Crippen molar-refractivity contribution in [3.63, 3.8) is 0 Å². The molecule has 2 aromatic carbocycles. The van der Waals surface area contributed by atoms with E-state index in [-0.39, 0.29) is 24.2 Å². The predicted molar refractivity (Wildman–Crippen MR) is 145 cm³/mol. The molecule has 0 spiro atoms. The van der Waals surface area contributed by atoms with Crippen LogP contribution in [0.2, 0.25) is 0 Å². The highest BCUT2D eigenvalue weighted by molar-refractivity contribution is 5.96. The molecule has 1 saturated carbocycles. The Hall–Kier alpha value is -4.18. The number of benzene rings is 2. The topological polar surface area (TPSA) is 113 Å². The summed E-state index contributed by atoms with van der Waals surface area (Å²) >= 11 is 0. The lowest BCUT2D eigenvalue weighted by Gasteiger charge is -2.19. The first-order chi connectivity index (χ1) is 18.1. The summed E-state index contributed by atoms with van der Waals surface area (Å²) in [5.41, 5.74) is 3.92. The van der Waals surface area contributed by atoms with Crippen molar-refractivity contribution in [3.8, 4) is 17.0 Å². The van der Waals surface area contributed by atoms with E-state index < -0.39 is 11.4 Å². The Morgan fingerprint density at radius 1 is 1.21 bits per heavy atom. The van der Waals surface area contributed by atoms with Gasteiger partial charge in [0, 0.05) is 41.5 Å². The predicted octanol–water partition coefficient (Wildman–Crippen LogP) is 4.67. The van der Waals surface area contributed by atoms with Crippen LogP contribution in [0.5, 0.6) is 5.75 Å². The monoisotopic (exact) mass is 518 g/mol. The van der Waals surface area contributed by atoms with E-state index in [0.717, 1.165) is 29.7 Å². The zero-order valence-electron chi connectivity index (χ0n) is 21.8. The molecular formula is C28H31FN6O3. The molecule has 2 aromatic heterocycles. The third-order valence-corrected chi connectivity index (χ3v) is 6.28. The minimum absolute atomic E-state index is 0.0628. The number of imidazole rings is 1. The van der Waals surface area contributed by atoms with Crippen molar-refractivity contribution >= 4 is 28.7 Å². The quantitative estimate of drug-likeness (QED) is 0.255. The lowest BCUT2D eigenvalue weighted by molar-refractivity contribution is 0.0940. The third kappa shape index (κ3) is 5.55. The number of hydrogen-bond donors (Lipinski definition) is 4. The van der Waals surface area contributed by atoms with Crippen LogP contribution in [0.1, 0.15) is 42.6 Å². The van der Waals surface area contributed by atoms with Gasteiger partial charge in [-0.05, 0) is 63.4 Å². The summed E-state index contributed by atoms with van der Waals surface area (Å²) in [6.07, 6.45) is 3.78. The van der Waals surface area contributed by atoms with Gasteiger partial charge in [-0.15, -0.1) is 5.10 Å². The average molecular weight is 519 g/mol. The van der Waals surface area contributed by atoms with Crippen molar-refractivity contribution in [2.45, 2.75) is 45.3 Å². The standard InChI is InChI=1S/C28H31FN6O3/c1-16-11-17(5-9-20(16)27(36)33-18-6-7-18)23-14-30-26-22(31-15-28(2,3)37)13-25(34-35(23)26)32-19-8-10-21(29)24(12-19)38-4/h5,8-14,18,31,37H,6-7,15H2,1-4H3,(H,32,34)(H,33,36). The minimum Gasteiger partial charge on any atom is -0.494 e. The van der Waals surface area contributed by atoms with Crippen molar-refractivity contribution in [1.82, 2.24) is 19.9 Å². The molecule has 198 valence electrons. The fourth-order valence-electron chi connectivity index (χ4n) is 4.12. The maximum absolute atomic E-state index is 13.9. The molecule has 0 unspecified atom stereocenters. The molecule has 5 rings (SSSR count). The second-order valence-electron chi connectivity index (χ2n) is 10.2.